The number of hydrogen-bond donors (Lipinski definition) is 1. The molecule has 0 fully saturated rings. The Labute approximate surface area is 104 Å². The van der Waals surface area contributed by atoms with Crippen LogP contribution >= 0.6 is 0 Å². The van der Waals surface area contributed by atoms with E-state index < -0.39 is 0 Å². The second-order valence-electron chi connectivity index (χ2n) is 4.95. The van der Waals surface area contributed by atoms with Crippen LogP contribution in [-0.2, 0) is 4.79 Å². The number of allylic oxidation sites excluding steroid dienone is 1. The Morgan fingerprint density at radius 2 is 2.00 bits per heavy atom. The van der Waals surface area contributed by atoms with Gasteiger partial charge in [0.25, 0.3) is 0 Å². The minimum Gasteiger partial charge on any atom is -0.396 e. The number of hydrogen-bond acceptors (Lipinski definition) is 3. The lowest BCUT2D eigenvalue weighted by atomic mass is 9.88. The van der Waals surface area contributed by atoms with Crippen molar-refractivity contribution >= 4 is 6.41 Å². The predicted octanol–water partition coefficient (Wildman–Crippen LogP) is 0.724. The molecule has 0 aromatic heterocycles. The zero-order chi connectivity index (χ0) is 12.7. The van der Waals surface area contributed by atoms with Gasteiger partial charge in [-0.2, -0.15) is 0 Å². The molecule has 1 rings (SSSR count). The van der Waals surface area contributed by atoms with E-state index in [-0.39, 0.29) is 18.6 Å². The molecular formula is C13H24N2O2. The third-order valence-electron chi connectivity index (χ3n) is 3.34. The average Bonchev–Trinajstić information content (AvgIpc) is 2.34. The van der Waals surface area contributed by atoms with Gasteiger partial charge < -0.3 is 14.9 Å². The molecule has 1 aliphatic rings. The van der Waals surface area contributed by atoms with Crippen molar-refractivity contribution in [1.82, 2.24) is 9.80 Å². The van der Waals surface area contributed by atoms with Crippen molar-refractivity contribution in [3.05, 3.63) is 12.2 Å². The Balaban J connectivity index is 2.47. The van der Waals surface area contributed by atoms with Gasteiger partial charge in [-0.3, -0.25) is 4.79 Å². The summed E-state index contributed by atoms with van der Waals surface area (Å²) in [6.07, 6.45) is 7.86. The van der Waals surface area contributed by atoms with Gasteiger partial charge in [-0.25, -0.2) is 0 Å². The van der Waals surface area contributed by atoms with Crippen LogP contribution in [0, 0.1) is 5.92 Å². The Kier molecular flexibility index (Phi) is 6.22. The summed E-state index contributed by atoms with van der Waals surface area (Å²) in [5.41, 5.74) is 0. The highest BCUT2D eigenvalue weighted by Gasteiger charge is 2.26. The van der Waals surface area contributed by atoms with Gasteiger partial charge in [-0.1, -0.05) is 12.2 Å². The fraction of sp³-hybridized carbons (Fsp3) is 0.769. The summed E-state index contributed by atoms with van der Waals surface area (Å²) in [7, 11) is 4.07. The standard InChI is InChI=1S/C13H24N2O2/c1-14(2)8-5-9-15(11-17)13-7-4-3-6-12(13)10-16/h3-4,11-13,16H,5-10H2,1-2H3. The van der Waals surface area contributed by atoms with Crippen LogP contribution in [-0.4, -0.2) is 61.2 Å². The molecule has 0 aromatic carbocycles. The van der Waals surface area contributed by atoms with E-state index in [0.717, 1.165) is 38.8 Å². The Morgan fingerprint density at radius 1 is 1.29 bits per heavy atom. The number of amides is 1. The van der Waals surface area contributed by atoms with Crippen molar-refractivity contribution in [2.75, 3.05) is 33.8 Å². The highest BCUT2D eigenvalue weighted by molar-refractivity contribution is 5.48. The first-order valence-corrected chi connectivity index (χ1v) is 6.30. The predicted molar refractivity (Wildman–Crippen MR) is 68.7 cm³/mol. The molecule has 2 unspecified atom stereocenters. The smallest absolute Gasteiger partial charge is 0.209 e. The Bertz CT molecular complexity index is 254. The van der Waals surface area contributed by atoms with Crippen LogP contribution in [0.25, 0.3) is 0 Å². The van der Waals surface area contributed by atoms with Gasteiger partial charge in [0.05, 0.1) is 0 Å². The molecule has 0 spiro atoms. The number of carbonyl (C=O) groups is 1. The molecule has 0 radical (unpaired) electrons. The van der Waals surface area contributed by atoms with E-state index in [0.29, 0.717) is 0 Å². The monoisotopic (exact) mass is 240 g/mol. The summed E-state index contributed by atoms with van der Waals surface area (Å²) < 4.78 is 0. The molecule has 0 saturated carbocycles. The zero-order valence-corrected chi connectivity index (χ0v) is 10.9. The first-order valence-electron chi connectivity index (χ1n) is 6.30. The van der Waals surface area contributed by atoms with Crippen LogP contribution in [0.2, 0.25) is 0 Å². The molecule has 1 N–H and O–H groups in total. The van der Waals surface area contributed by atoms with Crippen molar-refractivity contribution in [3.63, 3.8) is 0 Å². The molecule has 0 aromatic rings. The van der Waals surface area contributed by atoms with Crippen molar-refractivity contribution in [3.8, 4) is 0 Å². The molecule has 1 aliphatic carbocycles. The molecule has 0 heterocycles. The van der Waals surface area contributed by atoms with E-state index in [9.17, 15) is 9.90 Å². The van der Waals surface area contributed by atoms with Crippen LogP contribution in [0.5, 0.6) is 0 Å². The quantitative estimate of drug-likeness (QED) is 0.527. The van der Waals surface area contributed by atoms with Crippen LogP contribution in [0.4, 0.5) is 0 Å². The third kappa shape index (κ3) is 4.48. The third-order valence-corrected chi connectivity index (χ3v) is 3.34. The summed E-state index contributed by atoms with van der Waals surface area (Å²) >= 11 is 0. The maximum Gasteiger partial charge on any atom is 0.209 e. The summed E-state index contributed by atoms with van der Waals surface area (Å²) in [6.45, 7) is 1.92. The van der Waals surface area contributed by atoms with Crippen LogP contribution < -0.4 is 0 Å². The highest BCUT2D eigenvalue weighted by atomic mass is 16.3. The molecule has 98 valence electrons. The molecular weight excluding hydrogens is 216 g/mol. The maximum absolute atomic E-state index is 11.1. The van der Waals surface area contributed by atoms with Gasteiger partial charge in [0.2, 0.25) is 6.41 Å². The minimum atomic E-state index is 0.160. The van der Waals surface area contributed by atoms with Gasteiger partial charge in [0.1, 0.15) is 0 Å². The van der Waals surface area contributed by atoms with Crippen LogP contribution in [0.3, 0.4) is 0 Å². The van der Waals surface area contributed by atoms with Gasteiger partial charge in [0.15, 0.2) is 0 Å². The SMILES string of the molecule is CN(C)CCCN(C=O)C1CC=CCC1CO. The van der Waals surface area contributed by atoms with Crippen molar-refractivity contribution in [2.24, 2.45) is 5.92 Å². The fourth-order valence-corrected chi connectivity index (χ4v) is 2.32. The second-order valence-corrected chi connectivity index (χ2v) is 4.95. The summed E-state index contributed by atoms with van der Waals surface area (Å²) in [5.74, 6) is 0.199. The largest absolute Gasteiger partial charge is 0.396 e. The molecule has 0 saturated heterocycles. The highest BCUT2D eigenvalue weighted by Crippen LogP contribution is 2.23. The number of nitrogens with zero attached hydrogens (tertiary/aromatic N) is 2. The number of carbonyl (C=O) groups excluding carboxylic acids is 1. The lowest BCUT2D eigenvalue weighted by molar-refractivity contribution is -0.121. The molecule has 4 nitrogen and oxygen atoms in total. The first-order chi connectivity index (χ1) is 8.19. The van der Waals surface area contributed by atoms with E-state index in [2.05, 4.69) is 17.1 Å². The van der Waals surface area contributed by atoms with Gasteiger partial charge in [-0.05, 0) is 39.9 Å². The topological polar surface area (TPSA) is 43.8 Å². The molecule has 0 bridgehead atoms. The van der Waals surface area contributed by atoms with Crippen LogP contribution in [0.15, 0.2) is 12.2 Å². The summed E-state index contributed by atoms with van der Waals surface area (Å²) in [5, 5.41) is 9.33. The van der Waals surface area contributed by atoms with Gasteiger partial charge in [-0.15, -0.1) is 0 Å². The van der Waals surface area contributed by atoms with Gasteiger partial charge >= 0.3 is 0 Å². The zero-order valence-electron chi connectivity index (χ0n) is 10.9. The maximum atomic E-state index is 11.1. The van der Waals surface area contributed by atoms with E-state index in [4.69, 9.17) is 0 Å². The summed E-state index contributed by atoms with van der Waals surface area (Å²) in [4.78, 5) is 15.1. The minimum absolute atomic E-state index is 0.160. The molecule has 0 aliphatic heterocycles. The first kappa shape index (κ1) is 14.2. The van der Waals surface area contributed by atoms with E-state index in [1.807, 2.05) is 19.0 Å². The molecule has 2 atom stereocenters. The summed E-state index contributed by atoms with van der Waals surface area (Å²) in [6, 6.07) is 0.171. The Morgan fingerprint density at radius 3 is 2.59 bits per heavy atom. The van der Waals surface area contributed by atoms with E-state index >= 15 is 0 Å². The van der Waals surface area contributed by atoms with E-state index in [1.165, 1.54) is 0 Å². The number of aliphatic hydroxyl groups excluding tert-OH is 1. The van der Waals surface area contributed by atoms with Gasteiger partial charge in [0, 0.05) is 25.1 Å². The van der Waals surface area contributed by atoms with Crippen molar-refractivity contribution in [1.29, 1.82) is 0 Å². The lowest BCUT2D eigenvalue weighted by Gasteiger charge is -2.35. The molecule has 17 heavy (non-hydrogen) atoms. The lowest BCUT2D eigenvalue weighted by Crippen LogP contribution is -2.43. The molecule has 4 heteroatoms. The van der Waals surface area contributed by atoms with Crippen molar-refractivity contribution in [2.45, 2.75) is 25.3 Å². The number of rotatable bonds is 7. The van der Waals surface area contributed by atoms with Crippen molar-refractivity contribution < 1.29 is 9.90 Å². The fourth-order valence-electron chi connectivity index (χ4n) is 2.32. The Hall–Kier alpha value is -0.870. The molecule has 1 amide bonds. The van der Waals surface area contributed by atoms with E-state index in [1.54, 1.807) is 0 Å². The average molecular weight is 240 g/mol. The second kappa shape index (κ2) is 7.45. The normalized spacial score (nSPS) is 24.0. The van der Waals surface area contributed by atoms with Crippen LogP contribution in [0.1, 0.15) is 19.3 Å². The number of aliphatic hydroxyl groups is 1.